The van der Waals surface area contributed by atoms with E-state index in [-0.39, 0.29) is 10.5 Å². The molecule has 9 heteroatoms. The Morgan fingerprint density at radius 1 is 0.893 bits per heavy atom. The summed E-state index contributed by atoms with van der Waals surface area (Å²) in [6.45, 7) is 0. The van der Waals surface area contributed by atoms with Crippen molar-refractivity contribution in [3.8, 4) is 5.69 Å². The number of fused-ring (bicyclic) bond motifs is 1. The van der Waals surface area contributed by atoms with Crippen molar-refractivity contribution in [2.24, 2.45) is 0 Å². The zero-order valence-corrected chi connectivity index (χ0v) is 15.9. The van der Waals surface area contributed by atoms with Crippen LogP contribution in [-0.4, -0.2) is 23.4 Å². The minimum absolute atomic E-state index is 0.0491. The van der Waals surface area contributed by atoms with Gasteiger partial charge in [-0.2, -0.15) is 4.68 Å². The number of nitrogens with one attached hydrogen (secondary N) is 1. The number of benzene rings is 3. The number of nitrogens with zero attached hydrogens (tertiary/aromatic N) is 3. The van der Waals surface area contributed by atoms with E-state index in [9.17, 15) is 13.2 Å². The summed E-state index contributed by atoms with van der Waals surface area (Å²) in [6, 6.07) is 19.0. The van der Waals surface area contributed by atoms with Gasteiger partial charge in [0, 0.05) is 10.7 Å². The molecule has 3 aromatic carbocycles. The highest BCUT2D eigenvalue weighted by Crippen LogP contribution is 2.19. The molecule has 28 heavy (non-hydrogen) atoms. The van der Waals surface area contributed by atoms with Crippen molar-refractivity contribution in [1.82, 2.24) is 15.0 Å². The molecular formula is C19H13ClN4O3S. The number of rotatable bonds is 4. The van der Waals surface area contributed by atoms with Gasteiger partial charge in [-0.25, -0.2) is 8.42 Å². The van der Waals surface area contributed by atoms with Gasteiger partial charge in [0.2, 0.25) is 0 Å². The van der Waals surface area contributed by atoms with Gasteiger partial charge in [0.05, 0.1) is 16.0 Å². The van der Waals surface area contributed by atoms with E-state index in [4.69, 9.17) is 11.6 Å². The highest BCUT2D eigenvalue weighted by atomic mass is 35.5. The summed E-state index contributed by atoms with van der Waals surface area (Å²) in [5.74, 6) is 0. The Kier molecular flexibility index (Phi) is 4.58. The Morgan fingerprint density at radius 3 is 2.29 bits per heavy atom. The van der Waals surface area contributed by atoms with Gasteiger partial charge in [-0.05, 0) is 60.7 Å². The molecule has 1 aromatic heterocycles. The third-order valence-corrected chi connectivity index (χ3v) is 5.71. The largest absolute Gasteiger partial charge is 0.282 e. The van der Waals surface area contributed by atoms with Crippen LogP contribution in [0.2, 0.25) is 5.02 Å². The van der Waals surface area contributed by atoms with E-state index in [1.165, 1.54) is 24.3 Å². The lowest BCUT2D eigenvalue weighted by Gasteiger charge is -2.09. The summed E-state index contributed by atoms with van der Waals surface area (Å²) in [6.07, 6.45) is 0. The van der Waals surface area contributed by atoms with Gasteiger partial charge in [-0.1, -0.05) is 28.9 Å². The molecule has 0 aliphatic carbocycles. The van der Waals surface area contributed by atoms with Gasteiger partial charge in [0.25, 0.3) is 15.6 Å². The zero-order valence-electron chi connectivity index (χ0n) is 14.3. The highest BCUT2D eigenvalue weighted by Gasteiger charge is 2.15. The molecule has 140 valence electrons. The van der Waals surface area contributed by atoms with Gasteiger partial charge in [0.15, 0.2) is 0 Å². The molecule has 0 atom stereocenters. The maximum absolute atomic E-state index is 12.6. The van der Waals surface area contributed by atoms with E-state index in [2.05, 4.69) is 15.0 Å². The quantitative estimate of drug-likeness (QED) is 0.555. The third kappa shape index (κ3) is 3.47. The van der Waals surface area contributed by atoms with Crippen LogP contribution in [0.5, 0.6) is 0 Å². The molecule has 4 aromatic rings. The lowest BCUT2D eigenvalue weighted by Crippen LogP contribution is -2.22. The number of halogens is 1. The van der Waals surface area contributed by atoms with Gasteiger partial charge in [0.1, 0.15) is 5.52 Å². The van der Waals surface area contributed by atoms with Crippen molar-refractivity contribution < 1.29 is 8.42 Å². The van der Waals surface area contributed by atoms with Crippen LogP contribution in [0.4, 0.5) is 5.69 Å². The summed E-state index contributed by atoms with van der Waals surface area (Å²) in [5.41, 5.74) is 0.967. The van der Waals surface area contributed by atoms with Crippen LogP contribution in [0.25, 0.3) is 16.6 Å². The summed E-state index contributed by atoms with van der Waals surface area (Å²) in [7, 11) is -3.79. The Morgan fingerprint density at radius 2 is 1.57 bits per heavy atom. The van der Waals surface area contributed by atoms with E-state index < -0.39 is 10.0 Å². The highest BCUT2D eigenvalue weighted by molar-refractivity contribution is 7.92. The second-order valence-electron chi connectivity index (χ2n) is 5.93. The van der Waals surface area contributed by atoms with E-state index in [0.29, 0.717) is 27.3 Å². The van der Waals surface area contributed by atoms with Crippen LogP contribution in [-0.2, 0) is 10.0 Å². The Hall–Kier alpha value is -3.23. The molecule has 0 saturated heterocycles. The van der Waals surface area contributed by atoms with Crippen molar-refractivity contribution in [3.63, 3.8) is 0 Å². The lowest BCUT2D eigenvalue weighted by molar-refractivity contribution is 0.601. The molecule has 0 aliphatic heterocycles. The van der Waals surface area contributed by atoms with Crippen LogP contribution in [0.15, 0.2) is 82.5 Å². The molecule has 0 unspecified atom stereocenters. The topological polar surface area (TPSA) is 93.9 Å². The van der Waals surface area contributed by atoms with Crippen LogP contribution in [0.3, 0.4) is 0 Å². The lowest BCUT2D eigenvalue weighted by atomic mass is 10.2. The molecule has 0 amide bonds. The number of sulfonamides is 1. The number of hydrogen-bond donors (Lipinski definition) is 1. The molecule has 0 bridgehead atoms. The summed E-state index contributed by atoms with van der Waals surface area (Å²) < 4.78 is 28.7. The summed E-state index contributed by atoms with van der Waals surface area (Å²) in [5, 5.41) is 8.88. The van der Waals surface area contributed by atoms with Crippen LogP contribution in [0.1, 0.15) is 0 Å². The van der Waals surface area contributed by atoms with Gasteiger partial charge in [-0.3, -0.25) is 9.52 Å². The van der Waals surface area contributed by atoms with Crippen LogP contribution >= 0.6 is 11.6 Å². The molecule has 4 rings (SSSR count). The second-order valence-corrected chi connectivity index (χ2v) is 8.05. The van der Waals surface area contributed by atoms with E-state index in [1.807, 2.05) is 0 Å². The first-order chi connectivity index (χ1) is 13.4. The second kappa shape index (κ2) is 7.06. The minimum atomic E-state index is -3.79. The average molecular weight is 413 g/mol. The molecule has 0 radical (unpaired) electrons. The van der Waals surface area contributed by atoms with Gasteiger partial charge >= 0.3 is 0 Å². The Labute approximate surface area is 165 Å². The van der Waals surface area contributed by atoms with Crippen LogP contribution in [0, 0.1) is 0 Å². The Bertz CT molecular complexity index is 1320. The standard InChI is InChI=1S/C19H13ClN4O3S/c20-13-5-7-14(8-6-13)22-28(26,27)16-11-9-15(10-12-16)24-19(25)17-3-1-2-4-18(17)21-23-24/h1-12,22H. The van der Waals surface area contributed by atoms with Crippen molar-refractivity contribution in [2.75, 3.05) is 4.72 Å². The molecule has 0 fully saturated rings. The van der Waals surface area contributed by atoms with Crippen molar-refractivity contribution in [3.05, 3.63) is 88.2 Å². The maximum Gasteiger partial charge on any atom is 0.282 e. The third-order valence-electron chi connectivity index (χ3n) is 4.06. The van der Waals surface area contributed by atoms with Crippen molar-refractivity contribution >= 4 is 38.2 Å². The smallest absolute Gasteiger partial charge is 0.280 e. The molecule has 7 nitrogen and oxygen atoms in total. The molecule has 1 N–H and O–H groups in total. The molecule has 0 spiro atoms. The molecule has 1 heterocycles. The normalized spacial score (nSPS) is 11.5. The fourth-order valence-corrected chi connectivity index (χ4v) is 3.84. The average Bonchev–Trinajstić information content (AvgIpc) is 2.70. The number of anilines is 1. The first kappa shape index (κ1) is 18.1. The maximum atomic E-state index is 12.6. The fraction of sp³-hybridized carbons (Fsp3) is 0. The minimum Gasteiger partial charge on any atom is -0.280 e. The van der Waals surface area contributed by atoms with Crippen LogP contribution < -0.4 is 10.3 Å². The number of aromatic nitrogens is 3. The van der Waals surface area contributed by atoms with Gasteiger partial charge < -0.3 is 0 Å². The van der Waals surface area contributed by atoms with E-state index in [1.54, 1.807) is 48.5 Å². The monoisotopic (exact) mass is 412 g/mol. The van der Waals surface area contributed by atoms with Crippen molar-refractivity contribution in [2.45, 2.75) is 4.90 Å². The first-order valence-corrected chi connectivity index (χ1v) is 10.0. The first-order valence-electron chi connectivity index (χ1n) is 8.18. The summed E-state index contributed by atoms with van der Waals surface area (Å²) in [4.78, 5) is 12.6. The van der Waals surface area contributed by atoms with Crippen molar-refractivity contribution in [1.29, 1.82) is 0 Å². The predicted octanol–water partition coefficient (Wildman–Crippen LogP) is 3.23. The summed E-state index contributed by atoms with van der Waals surface area (Å²) >= 11 is 5.81. The fourth-order valence-electron chi connectivity index (χ4n) is 2.66. The zero-order chi connectivity index (χ0) is 19.7. The number of hydrogen-bond acceptors (Lipinski definition) is 5. The molecular weight excluding hydrogens is 400 g/mol. The van der Waals surface area contributed by atoms with E-state index in [0.717, 1.165) is 4.68 Å². The SMILES string of the molecule is O=c1c2ccccc2nnn1-c1ccc(S(=O)(=O)Nc2ccc(Cl)cc2)cc1. The molecule has 0 saturated carbocycles. The molecule has 0 aliphatic rings. The van der Waals surface area contributed by atoms with Gasteiger partial charge in [-0.15, -0.1) is 5.10 Å². The van der Waals surface area contributed by atoms with E-state index >= 15 is 0 Å². The Balaban J connectivity index is 1.66. The predicted molar refractivity (Wildman–Crippen MR) is 107 cm³/mol.